The zero-order chi connectivity index (χ0) is 10.3. The number of nitrogens with zero attached hydrogens (tertiary/aromatic N) is 1. The molecule has 2 rings (SSSR count). The molecule has 7 nitrogen and oxygen atoms in total. The van der Waals surface area contributed by atoms with Crippen molar-refractivity contribution in [1.29, 1.82) is 0 Å². The second kappa shape index (κ2) is 2.66. The fourth-order valence-corrected chi connectivity index (χ4v) is 1.28. The Balaban J connectivity index is 2.74. The maximum atomic E-state index is 11.3. The molecule has 0 saturated heterocycles. The second-order valence-corrected chi connectivity index (χ2v) is 2.97. The van der Waals surface area contributed by atoms with E-state index in [1.165, 1.54) is 10.8 Å². The minimum Gasteiger partial charge on any atom is -0.399 e. The van der Waals surface area contributed by atoms with E-state index in [1.54, 1.807) is 0 Å². The fourth-order valence-electron chi connectivity index (χ4n) is 1.28. The van der Waals surface area contributed by atoms with Crippen molar-refractivity contribution in [3.63, 3.8) is 0 Å². The van der Waals surface area contributed by atoms with E-state index in [0.29, 0.717) is 5.70 Å². The van der Waals surface area contributed by atoms with Crippen LogP contribution >= 0.6 is 0 Å². The van der Waals surface area contributed by atoms with Gasteiger partial charge in [-0.25, -0.2) is 4.79 Å². The van der Waals surface area contributed by atoms with Crippen molar-refractivity contribution in [2.75, 3.05) is 11.1 Å². The largest absolute Gasteiger partial charge is 0.399 e. The molecule has 1 aliphatic rings. The molecule has 0 aromatic carbocycles. The SMILES string of the molecule is NC1=CNc2c(N)c(=O)[nH]c(=O)n2C1. The Morgan fingerprint density at radius 2 is 2.07 bits per heavy atom. The lowest BCUT2D eigenvalue weighted by Gasteiger charge is -2.18. The van der Waals surface area contributed by atoms with E-state index in [-0.39, 0.29) is 18.1 Å². The highest BCUT2D eigenvalue weighted by atomic mass is 16.2. The second-order valence-electron chi connectivity index (χ2n) is 2.97. The number of fused-ring (bicyclic) bond motifs is 1. The minimum atomic E-state index is -0.595. The molecule has 0 amide bonds. The Kier molecular flexibility index (Phi) is 1.60. The van der Waals surface area contributed by atoms with Gasteiger partial charge in [0, 0.05) is 11.9 Å². The molecular formula is C7H9N5O2. The molecule has 2 heterocycles. The van der Waals surface area contributed by atoms with E-state index in [1.807, 2.05) is 0 Å². The van der Waals surface area contributed by atoms with E-state index in [4.69, 9.17) is 11.5 Å². The molecule has 74 valence electrons. The molecule has 0 radical (unpaired) electrons. The Morgan fingerprint density at radius 1 is 1.36 bits per heavy atom. The summed E-state index contributed by atoms with van der Waals surface area (Å²) in [5.41, 5.74) is 10.3. The first-order chi connectivity index (χ1) is 6.59. The average Bonchev–Trinajstić information content (AvgIpc) is 2.14. The Morgan fingerprint density at radius 3 is 2.79 bits per heavy atom. The van der Waals surface area contributed by atoms with Gasteiger partial charge in [-0.05, 0) is 0 Å². The van der Waals surface area contributed by atoms with Crippen molar-refractivity contribution < 1.29 is 0 Å². The molecule has 6 N–H and O–H groups in total. The number of anilines is 2. The van der Waals surface area contributed by atoms with E-state index < -0.39 is 11.2 Å². The van der Waals surface area contributed by atoms with Gasteiger partial charge in [0.05, 0.1) is 6.54 Å². The Hall–Kier alpha value is -2.18. The fraction of sp³-hybridized carbons (Fsp3) is 0.143. The van der Waals surface area contributed by atoms with E-state index >= 15 is 0 Å². The highest BCUT2D eigenvalue weighted by Crippen LogP contribution is 2.15. The first kappa shape index (κ1) is 8.42. The quantitative estimate of drug-likeness (QED) is 0.395. The lowest BCUT2D eigenvalue weighted by atomic mass is 10.3. The van der Waals surface area contributed by atoms with E-state index in [0.717, 1.165) is 0 Å². The number of rotatable bonds is 0. The predicted octanol–water partition coefficient (Wildman–Crippen LogP) is -1.66. The van der Waals surface area contributed by atoms with Crippen LogP contribution in [0.4, 0.5) is 11.5 Å². The van der Waals surface area contributed by atoms with Crippen LogP contribution in [0.2, 0.25) is 0 Å². The summed E-state index contributed by atoms with van der Waals surface area (Å²) in [6, 6.07) is 0. The summed E-state index contributed by atoms with van der Waals surface area (Å²) < 4.78 is 1.27. The van der Waals surface area contributed by atoms with Crippen molar-refractivity contribution in [3.05, 3.63) is 32.7 Å². The molecule has 0 unspecified atom stereocenters. The number of aromatic amines is 1. The summed E-state index contributed by atoms with van der Waals surface area (Å²) in [6.45, 7) is 0.224. The van der Waals surface area contributed by atoms with Gasteiger partial charge in [0.15, 0.2) is 0 Å². The van der Waals surface area contributed by atoms with Crippen molar-refractivity contribution in [1.82, 2.24) is 9.55 Å². The number of nitrogen functional groups attached to an aromatic ring is 1. The van der Waals surface area contributed by atoms with Crippen molar-refractivity contribution in [2.24, 2.45) is 5.73 Å². The molecule has 1 aromatic heterocycles. The number of H-pyrrole nitrogens is 1. The highest BCUT2D eigenvalue weighted by Gasteiger charge is 2.14. The molecule has 1 aromatic rings. The number of nitrogens with two attached hydrogens (primary N) is 2. The molecule has 0 bridgehead atoms. The number of aromatic nitrogens is 2. The molecule has 0 spiro atoms. The van der Waals surface area contributed by atoms with Gasteiger partial charge in [-0.1, -0.05) is 0 Å². The molecule has 0 aliphatic carbocycles. The van der Waals surface area contributed by atoms with Crippen LogP contribution in [-0.2, 0) is 6.54 Å². The summed E-state index contributed by atoms with van der Waals surface area (Å²) in [4.78, 5) is 24.5. The van der Waals surface area contributed by atoms with Gasteiger partial charge < -0.3 is 16.8 Å². The number of allylic oxidation sites excluding steroid dienone is 1. The maximum Gasteiger partial charge on any atom is 0.330 e. The zero-order valence-corrected chi connectivity index (χ0v) is 7.20. The third kappa shape index (κ3) is 1.06. The first-order valence-corrected chi connectivity index (χ1v) is 3.93. The summed E-state index contributed by atoms with van der Waals surface area (Å²) in [5.74, 6) is 0.285. The topological polar surface area (TPSA) is 119 Å². The summed E-state index contributed by atoms with van der Waals surface area (Å²) in [6.07, 6.45) is 1.50. The third-order valence-corrected chi connectivity index (χ3v) is 1.97. The monoisotopic (exact) mass is 195 g/mol. The van der Waals surface area contributed by atoms with Crippen LogP contribution in [0.1, 0.15) is 0 Å². The van der Waals surface area contributed by atoms with Crippen LogP contribution < -0.4 is 28.0 Å². The minimum absolute atomic E-state index is 0.0200. The van der Waals surface area contributed by atoms with Crippen LogP contribution in [0.15, 0.2) is 21.5 Å². The van der Waals surface area contributed by atoms with Crippen LogP contribution in [-0.4, -0.2) is 9.55 Å². The standard InChI is InChI=1S/C7H9N5O2/c8-3-1-10-5-4(9)6(13)11-7(14)12(5)2-3/h1,10H,2,8-9H2,(H,11,13,14). The molecule has 0 fully saturated rings. The lowest BCUT2D eigenvalue weighted by molar-refractivity contribution is 0.702. The number of hydrogen-bond acceptors (Lipinski definition) is 5. The number of nitrogens with one attached hydrogen (secondary N) is 2. The predicted molar refractivity (Wildman–Crippen MR) is 51.6 cm³/mol. The molecule has 1 aliphatic heterocycles. The van der Waals surface area contributed by atoms with Crippen LogP contribution in [0.3, 0.4) is 0 Å². The normalized spacial score (nSPS) is 14.1. The van der Waals surface area contributed by atoms with Crippen LogP contribution in [0.25, 0.3) is 0 Å². The van der Waals surface area contributed by atoms with Gasteiger partial charge in [-0.15, -0.1) is 0 Å². The smallest absolute Gasteiger partial charge is 0.330 e. The summed E-state index contributed by atoms with van der Waals surface area (Å²) in [5, 5.41) is 2.69. The summed E-state index contributed by atoms with van der Waals surface area (Å²) in [7, 11) is 0. The molecule has 0 atom stereocenters. The molecule has 0 saturated carbocycles. The first-order valence-electron chi connectivity index (χ1n) is 3.93. The molecule has 7 heteroatoms. The summed E-state index contributed by atoms with van der Waals surface area (Å²) >= 11 is 0. The Labute approximate surface area is 78.0 Å². The van der Waals surface area contributed by atoms with Gasteiger partial charge >= 0.3 is 5.69 Å². The Bertz CT molecular complexity index is 524. The molecule has 14 heavy (non-hydrogen) atoms. The van der Waals surface area contributed by atoms with E-state index in [9.17, 15) is 9.59 Å². The van der Waals surface area contributed by atoms with Crippen molar-refractivity contribution in [3.8, 4) is 0 Å². The molecular weight excluding hydrogens is 186 g/mol. The van der Waals surface area contributed by atoms with Crippen LogP contribution in [0, 0.1) is 0 Å². The van der Waals surface area contributed by atoms with Gasteiger partial charge in [0.2, 0.25) is 0 Å². The van der Waals surface area contributed by atoms with Gasteiger partial charge in [-0.3, -0.25) is 14.3 Å². The third-order valence-electron chi connectivity index (χ3n) is 1.97. The number of hydrogen-bond donors (Lipinski definition) is 4. The van der Waals surface area contributed by atoms with Gasteiger partial charge in [-0.2, -0.15) is 0 Å². The van der Waals surface area contributed by atoms with Crippen molar-refractivity contribution >= 4 is 11.5 Å². The highest BCUT2D eigenvalue weighted by molar-refractivity contribution is 5.62. The van der Waals surface area contributed by atoms with Crippen molar-refractivity contribution in [2.45, 2.75) is 6.54 Å². The zero-order valence-electron chi connectivity index (χ0n) is 7.20. The van der Waals surface area contributed by atoms with Crippen LogP contribution in [0.5, 0.6) is 0 Å². The maximum absolute atomic E-state index is 11.3. The van der Waals surface area contributed by atoms with Gasteiger partial charge in [0.1, 0.15) is 11.5 Å². The van der Waals surface area contributed by atoms with Gasteiger partial charge in [0.25, 0.3) is 5.56 Å². The lowest BCUT2D eigenvalue weighted by Crippen LogP contribution is -2.36. The average molecular weight is 195 g/mol. The van der Waals surface area contributed by atoms with E-state index in [2.05, 4.69) is 10.3 Å².